The highest BCUT2D eigenvalue weighted by molar-refractivity contribution is 5.83. The number of anilines is 1. The third-order valence-electron chi connectivity index (χ3n) is 5.72. The van der Waals surface area contributed by atoms with Gasteiger partial charge in [0.25, 0.3) is 0 Å². The summed E-state index contributed by atoms with van der Waals surface area (Å²) in [6.45, 7) is 7.14. The van der Waals surface area contributed by atoms with Crippen LogP contribution in [0.25, 0.3) is 11.2 Å². The fourth-order valence-corrected chi connectivity index (χ4v) is 3.80. The van der Waals surface area contributed by atoms with Gasteiger partial charge in [0.2, 0.25) is 0 Å². The fourth-order valence-electron chi connectivity index (χ4n) is 3.80. The SMILES string of the molecule is CCOC(=O)Oc1nc2c(N)nc(OCCOC)nc2n1Cc1ccc(CN(CCOC(C)=O)CCOC(C)=O)cc1. The average molecular weight is 589 g/mol. The van der Waals surface area contributed by atoms with Gasteiger partial charge in [0.15, 0.2) is 17.0 Å². The molecule has 15 nitrogen and oxygen atoms in total. The quantitative estimate of drug-likeness (QED) is 0.146. The van der Waals surface area contributed by atoms with Crippen molar-refractivity contribution in [1.29, 1.82) is 0 Å². The molecule has 0 bridgehead atoms. The maximum absolute atomic E-state index is 12.1. The van der Waals surface area contributed by atoms with Crippen LogP contribution in [0.5, 0.6) is 12.0 Å². The minimum atomic E-state index is -0.921. The summed E-state index contributed by atoms with van der Waals surface area (Å²) < 4.78 is 32.5. The molecule has 3 rings (SSSR count). The summed E-state index contributed by atoms with van der Waals surface area (Å²) in [5, 5.41) is 0. The first-order valence-electron chi connectivity index (χ1n) is 13.3. The van der Waals surface area contributed by atoms with E-state index in [0.717, 1.165) is 11.1 Å². The molecule has 1 aromatic carbocycles. The Bertz CT molecular complexity index is 1330. The minimum absolute atomic E-state index is 0.0267. The molecule has 2 N–H and O–H groups in total. The van der Waals surface area contributed by atoms with Crippen molar-refractivity contribution in [2.24, 2.45) is 0 Å². The van der Waals surface area contributed by atoms with Gasteiger partial charge in [-0.15, -0.1) is 0 Å². The molecule has 0 saturated carbocycles. The van der Waals surface area contributed by atoms with Crippen molar-refractivity contribution >= 4 is 35.1 Å². The molecule has 3 aromatic rings. The van der Waals surface area contributed by atoms with Crippen LogP contribution in [-0.2, 0) is 41.6 Å². The van der Waals surface area contributed by atoms with E-state index in [-0.39, 0.29) is 68.3 Å². The molecule has 0 unspecified atom stereocenters. The number of carbonyl (C=O) groups is 3. The van der Waals surface area contributed by atoms with E-state index in [1.165, 1.54) is 13.8 Å². The summed E-state index contributed by atoms with van der Waals surface area (Å²) in [6.07, 6.45) is -0.921. The minimum Gasteiger partial charge on any atom is -0.465 e. The van der Waals surface area contributed by atoms with Crippen molar-refractivity contribution in [2.45, 2.75) is 33.9 Å². The van der Waals surface area contributed by atoms with Crippen LogP contribution in [0, 0.1) is 0 Å². The van der Waals surface area contributed by atoms with Crippen LogP contribution in [0.2, 0.25) is 0 Å². The molecule has 0 spiro atoms. The lowest BCUT2D eigenvalue weighted by Gasteiger charge is -2.22. The molecular weight excluding hydrogens is 552 g/mol. The van der Waals surface area contributed by atoms with E-state index < -0.39 is 6.16 Å². The topological polar surface area (TPSA) is 179 Å². The molecule has 0 aliphatic carbocycles. The van der Waals surface area contributed by atoms with E-state index in [1.54, 1.807) is 18.6 Å². The van der Waals surface area contributed by atoms with Crippen LogP contribution >= 0.6 is 0 Å². The summed E-state index contributed by atoms with van der Waals surface area (Å²) in [5.41, 5.74) is 8.49. The fraction of sp³-hybridized carbons (Fsp3) is 0.481. The molecule has 0 atom stereocenters. The number of aromatic nitrogens is 4. The van der Waals surface area contributed by atoms with E-state index in [4.69, 9.17) is 34.2 Å². The molecule has 0 saturated heterocycles. The number of fused-ring (bicyclic) bond motifs is 1. The lowest BCUT2D eigenvalue weighted by molar-refractivity contribution is -0.141. The van der Waals surface area contributed by atoms with E-state index in [9.17, 15) is 14.4 Å². The molecule has 0 fully saturated rings. The zero-order chi connectivity index (χ0) is 30.5. The number of nitrogens with two attached hydrogens (primary N) is 1. The predicted octanol–water partition coefficient (Wildman–Crippen LogP) is 1.95. The third kappa shape index (κ3) is 9.85. The highest BCUT2D eigenvalue weighted by Gasteiger charge is 2.21. The van der Waals surface area contributed by atoms with Crippen LogP contribution < -0.4 is 15.2 Å². The van der Waals surface area contributed by atoms with Gasteiger partial charge in [0, 0.05) is 40.6 Å². The monoisotopic (exact) mass is 588 g/mol. The number of nitrogen functional groups attached to an aromatic ring is 1. The van der Waals surface area contributed by atoms with Gasteiger partial charge in [-0.05, 0) is 18.1 Å². The Morgan fingerprint density at radius 3 is 2.12 bits per heavy atom. The molecule has 0 radical (unpaired) electrons. The number of imidazole rings is 1. The smallest absolute Gasteiger partial charge is 0.465 e. The van der Waals surface area contributed by atoms with Gasteiger partial charge >= 0.3 is 30.1 Å². The molecule has 2 aromatic heterocycles. The zero-order valence-corrected chi connectivity index (χ0v) is 24.2. The lowest BCUT2D eigenvalue weighted by atomic mass is 10.1. The summed E-state index contributed by atoms with van der Waals surface area (Å²) >= 11 is 0. The van der Waals surface area contributed by atoms with Crippen LogP contribution in [-0.4, -0.2) is 95.7 Å². The molecule has 228 valence electrons. The van der Waals surface area contributed by atoms with Gasteiger partial charge < -0.3 is 34.2 Å². The van der Waals surface area contributed by atoms with Crippen LogP contribution in [0.4, 0.5) is 10.6 Å². The second kappa shape index (κ2) is 16.1. The molecule has 0 aliphatic rings. The number of nitrogens with zero attached hydrogens (tertiary/aromatic N) is 5. The van der Waals surface area contributed by atoms with Crippen molar-refractivity contribution in [3.8, 4) is 12.0 Å². The van der Waals surface area contributed by atoms with Gasteiger partial charge in [-0.25, -0.2) is 4.79 Å². The molecular formula is C27H36N6O9. The summed E-state index contributed by atoms with van der Waals surface area (Å²) in [5.74, 6) is -0.672. The normalized spacial score (nSPS) is 11.0. The Hall–Kier alpha value is -4.50. The number of methoxy groups -OCH3 is 1. The Kier molecular flexibility index (Phi) is 12.3. The second-order valence-electron chi connectivity index (χ2n) is 8.94. The van der Waals surface area contributed by atoms with E-state index in [0.29, 0.717) is 31.9 Å². The number of ether oxygens (including phenoxy) is 6. The third-order valence-corrected chi connectivity index (χ3v) is 5.72. The Balaban J connectivity index is 1.83. The first-order valence-corrected chi connectivity index (χ1v) is 13.3. The zero-order valence-electron chi connectivity index (χ0n) is 24.2. The molecule has 0 amide bonds. The number of benzene rings is 1. The maximum Gasteiger partial charge on any atom is 0.516 e. The van der Waals surface area contributed by atoms with E-state index >= 15 is 0 Å². The summed E-state index contributed by atoms with van der Waals surface area (Å²) in [6, 6.07) is 7.66. The first kappa shape index (κ1) is 32.0. The molecule has 15 heteroatoms. The first-order chi connectivity index (χ1) is 20.2. The standard InChI is InChI=1S/C27H36N6O9/c1-5-38-27(36)42-26-29-22-23(28)30-25(41-15-14-37-4)31-24(22)33(26)17-21-8-6-20(7-9-21)16-32(10-12-39-18(2)34)11-13-40-19(3)35/h6-9H,5,10-17H2,1-4H3,(H2,28,30,31). The number of carbonyl (C=O) groups excluding carboxylic acids is 3. The average Bonchev–Trinajstić information content (AvgIpc) is 3.26. The van der Waals surface area contributed by atoms with Crippen LogP contribution in [0.3, 0.4) is 0 Å². The van der Waals surface area contributed by atoms with E-state index in [1.807, 2.05) is 29.2 Å². The van der Waals surface area contributed by atoms with Gasteiger partial charge in [0.1, 0.15) is 19.8 Å². The van der Waals surface area contributed by atoms with Crippen LogP contribution in [0.1, 0.15) is 31.9 Å². The largest absolute Gasteiger partial charge is 0.516 e. The lowest BCUT2D eigenvalue weighted by Crippen LogP contribution is -2.31. The van der Waals surface area contributed by atoms with Crippen molar-refractivity contribution in [1.82, 2.24) is 24.4 Å². The second-order valence-corrected chi connectivity index (χ2v) is 8.94. The maximum atomic E-state index is 12.1. The number of rotatable bonds is 16. The van der Waals surface area contributed by atoms with Crippen molar-refractivity contribution in [3.63, 3.8) is 0 Å². The number of hydrogen-bond donors (Lipinski definition) is 1. The number of hydrogen-bond acceptors (Lipinski definition) is 14. The van der Waals surface area contributed by atoms with Gasteiger partial charge in [-0.1, -0.05) is 24.3 Å². The molecule has 42 heavy (non-hydrogen) atoms. The Labute approximate surface area is 242 Å². The van der Waals surface area contributed by atoms with Gasteiger partial charge in [-0.2, -0.15) is 15.0 Å². The highest BCUT2D eigenvalue weighted by Crippen LogP contribution is 2.27. The molecule has 2 heterocycles. The number of esters is 2. The summed E-state index contributed by atoms with van der Waals surface area (Å²) in [4.78, 5) is 49.4. The van der Waals surface area contributed by atoms with E-state index in [2.05, 4.69) is 15.0 Å². The molecule has 0 aliphatic heterocycles. The van der Waals surface area contributed by atoms with Crippen molar-refractivity contribution < 1.29 is 42.8 Å². The Morgan fingerprint density at radius 2 is 1.52 bits per heavy atom. The Morgan fingerprint density at radius 1 is 0.881 bits per heavy atom. The summed E-state index contributed by atoms with van der Waals surface area (Å²) in [7, 11) is 1.55. The van der Waals surface area contributed by atoms with Crippen molar-refractivity contribution in [2.75, 3.05) is 59.0 Å². The van der Waals surface area contributed by atoms with Crippen molar-refractivity contribution in [3.05, 3.63) is 35.4 Å². The predicted molar refractivity (Wildman–Crippen MR) is 149 cm³/mol. The van der Waals surface area contributed by atoms with Crippen LogP contribution in [0.15, 0.2) is 24.3 Å². The van der Waals surface area contributed by atoms with Gasteiger partial charge in [0.05, 0.1) is 19.8 Å². The van der Waals surface area contributed by atoms with Gasteiger partial charge in [-0.3, -0.25) is 19.1 Å². The highest BCUT2D eigenvalue weighted by atomic mass is 16.7.